The third-order valence-corrected chi connectivity index (χ3v) is 8.36. The van der Waals surface area contributed by atoms with Crippen molar-refractivity contribution < 1.29 is 28.9 Å². The highest BCUT2D eigenvalue weighted by Crippen LogP contribution is 2.45. The summed E-state index contributed by atoms with van der Waals surface area (Å²) >= 11 is 0. The molecule has 0 spiro atoms. The van der Waals surface area contributed by atoms with Gasteiger partial charge in [-0.15, -0.1) is 0 Å². The molecule has 1 saturated carbocycles. The fourth-order valence-corrected chi connectivity index (χ4v) is 5.93. The second-order valence-electron chi connectivity index (χ2n) is 12.7. The Morgan fingerprint density at radius 2 is 1.80 bits per heavy atom. The van der Waals surface area contributed by atoms with Crippen LogP contribution in [0.15, 0.2) is 54.9 Å². The number of hydrogen-bond acceptors (Lipinski definition) is 7. The van der Waals surface area contributed by atoms with E-state index < -0.39 is 11.6 Å². The van der Waals surface area contributed by atoms with Crippen LogP contribution in [0.5, 0.6) is 11.6 Å². The number of benzene rings is 1. The van der Waals surface area contributed by atoms with E-state index in [0.29, 0.717) is 48.6 Å². The fourth-order valence-electron chi connectivity index (χ4n) is 5.93. The van der Waals surface area contributed by atoms with Crippen LogP contribution < -0.4 is 14.5 Å². The van der Waals surface area contributed by atoms with Gasteiger partial charge in [-0.2, -0.15) is 0 Å². The predicted molar refractivity (Wildman–Crippen MR) is 166 cm³/mol. The summed E-state index contributed by atoms with van der Waals surface area (Å²) in [6.45, 7) is 6.35. The second-order valence-corrected chi connectivity index (χ2v) is 12.7. The number of aromatic hydroxyl groups is 1. The van der Waals surface area contributed by atoms with Crippen LogP contribution in [-0.4, -0.2) is 64.0 Å². The molecule has 2 aliphatic rings. The third kappa shape index (κ3) is 8.03. The van der Waals surface area contributed by atoms with Crippen molar-refractivity contribution in [2.24, 2.45) is 11.8 Å². The number of piperidine rings is 1. The molecule has 0 bridgehead atoms. The van der Waals surface area contributed by atoms with Crippen LogP contribution in [0.1, 0.15) is 73.4 Å². The first-order chi connectivity index (χ1) is 21.0. The molecule has 1 amide bonds. The quantitative estimate of drug-likeness (QED) is 0.253. The fraction of sp³-hybridized carbons (Fsp3) is 0.471. The number of aliphatic carboxylic acids is 1. The zero-order valence-corrected chi connectivity index (χ0v) is 25.6. The van der Waals surface area contributed by atoms with Gasteiger partial charge < -0.3 is 19.8 Å². The van der Waals surface area contributed by atoms with Gasteiger partial charge in [-0.25, -0.2) is 14.4 Å². The van der Waals surface area contributed by atoms with E-state index in [0.717, 1.165) is 36.8 Å². The number of carbonyl (C=O) groups excluding carboxylic acids is 1. The lowest BCUT2D eigenvalue weighted by Crippen LogP contribution is -2.42. The molecule has 0 radical (unpaired) electrons. The van der Waals surface area contributed by atoms with Crippen LogP contribution in [0.2, 0.25) is 0 Å². The summed E-state index contributed by atoms with van der Waals surface area (Å²) in [5, 5.41) is 19.7. The highest BCUT2D eigenvalue weighted by Gasteiger charge is 2.34. The lowest BCUT2D eigenvalue weighted by Gasteiger charge is -2.35. The minimum atomic E-state index is -1.65. The molecule has 9 nitrogen and oxygen atoms in total. The van der Waals surface area contributed by atoms with Gasteiger partial charge in [0.2, 0.25) is 5.88 Å². The number of anilines is 2. The number of nitrogens with zero attached hydrogens (tertiary/aromatic N) is 4. The van der Waals surface area contributed by atoms with E-state index in [1.807, 2.05) is 25.1 Å². The molecule has 1 saturated heterocycles. The molecule has 1 aliphatic heterocycles. The molecule has 5 rings (SSSR count). The molecule has 1 unspecified atom stereocenters. The number of carboxylic acids is 1. The predicted octanol–water partition coefficient (Wildman–Crippen LogP) is 6.15. The van der Waals surface area contributed by atoms with Gasteiger partial charge in [-0.05, 0) is 106 Å². The number of rotatable bonds is 12. The van der Waals surface area contributed by atoms with E-state index in [4.69, 9.17) is 4.74 Å². The number of phenolic OH excluding ortho intramolecular Hbond substituents is 1. The molecular formula is C34H41FN4O5. The summed E-state index contributed by atoms with van der Waals surface area (Å²) < 4.78 is 21.0. The number of ether oxygens (including phenoxy) is 1. The number of aryl methyl sites for hydroxylation is 1. The van der Waals surface area contributed by atoms with Crippen molar-refractivity contribution in [2.75, 3.05) is 36.0 Å². The Labute approximate surface area is 257 Å². The number of pyridine rings is 2. The van der Waals surface area contributed by atoms with E-state index >= 15 is 0 Å². The largest absolute Gasteiger partial charge is 0.508 e. The number of carbonyl (C=O) groups is 2. The Hall–Kier alpha value is -4.21. The average Bonchev–Trinajstić information content (AvgIpc) is 3.83. The van der Waals surface area contributed by atoms with E-state index in [1.165, 1.54) is 24.8 Å². The molecule has 1 aromatic carbocycles. The van der Waals surface area contributed by atoms with Crippen LogP contribution in [-0.2, 0) is 4.79 Å². The molecule has 234 valence electrons. The number of carboxylic acid groups (broad SMARTS) is 1. The average molecular weight is 605 g/mol. The number of alkyl halides is 1. The number of hydrogen-bond donors (Lipinski definition) is 2. The minimum absolute atomic E-state index is 0.0196. The van der Waals surface area contributed by atoms with E-state index in [9.17, 15) is 24.2 Å². The van der Waals surface area contributed by atoms with Gasteiger partial charge in [0.1, 0.15) is 17.2 Å². The van der Waals surface area contributed by atoms with Gasteiger partial charge >= 0.3 is 5.97 Å². The molecule has 1 aliphatic carbocycles. The highest BCUT2D eigenvalue weighted by molar-refractivity contribution is 6.09. The zero-order valence-electron chi connectivity index (χ0n) is 25.6. The van der Waals surface area contributed by atoms with E-state index in [1.54, 1.807) is 30.6 Å². The van der Waals surface area contributed by atoms with Crippen LogP contribution in [0.25, 0.3) is 0 Å². The van der Waals surface area contributed by atoms with Gasteiger partial charge in [0.05, 0.1) is 30.8 Å². The highest BCUT2D eigenvalue weighted by atomic mass is 19.1. The summed E-state index contributed by atoms with van der Waals surface area (Å²) in [6.07, 6.45) is 7.10. The van der Waals surface area contributed by atoms with Gasteiger partial charge in [0, 0.05) is 37.6 Å². The monoisotopic (exact) mass is 604 g/mol. The van der Waals surface area contributed by atoms with E-state index in [-0.39, 0.29) is 36.5 Å². The zero-order chi connectivity index (χ0) is 31.4. The molecular weight excluding hydrogens is 563 g/mol. The topological polar surface area (TPSA) is 116 Å². The maximum absolute atomic E-state index is 14.9. The van der Waals surface area contributed by atoms with Crippen LogP contribution in [0.3, 0.4) is 0 Å². The van der Waals surface area contributed by atoms with Crippen molar-refractivity contribution in [2.45, 2.75) is 64.5 Å². The first-order valence-electron chi connectivity index (χ1n) is 15.3. The Balaban J connectivity index is 1.26. The summed E-state index contributed by atoms with van der Waals surface area (Å²) in [5.41, 5.74) is 1.19. The molecule has 3 aromatic rings. The first-order valence-corrected chi connectivity index (χ1v) is 15.3. The summed E-state index contributed by atoms with van der Waals surface area (Å²) in [5.74, 6) is 0.389. The number of phenols is 1. The molecule has 2 N–H and O–H groups in total. The SMILES string of the molecule is Cc1ccnc(N(CC(C)(C)F)C(=O)c2ccc(O)cc2N2CCC(COc3cc(C(CC(=O)O)C4CC4)ccn3)CC2)c1. The Bertz CT molecular complexity index is 1480. The van der Waals surface area contributed by atoms with Crippen molar-refractivity contribution in [3.8, 4) is 11.6 Å². The molecule has 2 aromatic heterocycles. The molecule has 1 atom stereocenters. The molecule has 10 heteroatoms. The Morgan fingerprint density at radius 1 is 1.07 bits per heavy atom. The standard InChI is InChI=1S/C34H41FN4O5/c1-22-8-12-36-30(16-22)39(21-34(2,3)35)33(43)27-7-6-26(40)18-29(27)38-14-10-23(11-15-38)20-44-31-17-25(9-13-37-31)28(19-32(41)42)24-4-5-24/h6-9,12-13,16-18,23-24,28,40H,4-5,10-11,14-15,19-21H2,1-3H3,(H,41,42). The Morgan fingerprint density at radius 3 is 2.45 bits per heavy atom. The van der Waals surface area contributed by atoms with Gasteiger partial charge in [0.15, 0.2) is 0 Å². The van der Waals surface area contributed by atoms with Crippen LogP contribution in [0.4, 0.5) is 15.9 Å². The lowest BCUT2D eigenvalue weighted by atomic mass is 9.92. The number of amides is 1. The van der Waals surface area contributed by atoms with E-state index in [2.05, 4.69) is 14.9 Å². The van der Waals surface area contributed by atoms with Gasteiger partial charge in [0.25, 0.3) is 5.91 Å². The third-order valence-electron chi connectivity index (χ3n) is 8.36. The summed E-state index contributed by atoms with van der Waals surface area (Å²) in [4.78, 5) is 37.5. The molecule has 3 heterocycles. The first kappa shape index (κ1) is 31.2. The van der Waals surface area contributed by atoms with Gasteiger partial charge in [-0.3, -0.25) is 14.5 Å². The Kier molecular flexibility index (Phi) is 9.36. The van der Waals surface area contributed by atoms with Crippen molar-refractivity contribution >= 4 is 23.4 Å². The lowest BCUT2D eigenvalue weighted by molar-refractivity contribution is -0.137. The molecule has 2 fully saturated rings. The molecule has 44 heavy (non-hydrogen) atoms. The van der Waals surface area contributed by atoms with Crippen molar-refractivity contribution in [3.05, 3.63) is 71.5 Å². The summed E-state index contributed by atoms with van der Waals surface area (Å²) in [6, 6.07) is 12.0. The smallest absolute Gasteiger partial charge is 0.303 e. The van der Waals surface area contributed by atoms with Crippen molar-refractivity contribution in [1.82, 2.24) is 9.97 Å². The minimum Gasteiger partial charge on any atom is -0.508 e. The van der Waals surface area contributed by atoms with Crippen LogP contribution in [0, 0.1) is 18.8 Å². The van der Waals surface area contributed by atoms with Crippen LogP contribution >= 0.6 is 0 Å². The maximum Gasteiger partial charge on any atom is 0.303 e. The number of aromatic nitrogens is 2. The second kappa shape index (κ2) is 13.2. The van der Waals surface area contributed by atoms with Crippen molar-refractivity contribution in [1.29, 1.82) is 0 Å². The maximum atomic E-state index is 14.9. The summed E-state index contributed by atoms with van der Waals surface area (Å²) in [7, 11) is 0. The normalized spacial score (nSPS) is 16.4. The van der Waals surface area contributed by atoms with Crippen molar-refractivity contribution in [3.63, 3.8) is 0 Å². The number of halogens is 1. The van der Waals surface area contributed by atoms with Gasteiger partial charge in [-0.1, -0.05) is 0 Å².